The van der Waals surface area contributed by atoms with Gasteiger partial charge in [-0.25, -0.2) is 19.2 Å². The van der Waals surface area contributed by atoms with E-state index in [4.69, 9.17) is 0 Å². The molecule has 2 rings (SSSR count). The lowest BCUT2D eigenvalue weighted by Crippen LogP contribution is -2.49. The van der Waals surface area contributed by atoms with Gasteiger partial charge in [0.25, 0.3) is 0 Å². The number of benzene rings is 2. The summed E-state index contributed by atoms with van der Waals surface area (Å²) in [5, 5.41) is 0. The highest BCUT2D eigenvalue weighted by atomic mass is 19.4. The van der Waals surface area contributed by atoms with Crippen LogP contribution in [-0.2, 0) is 35.1 Å². The molecule has 0 saturated heterocycles. The van der Waals surface area contributed by atoms with Crippen molar-refractivity contribution in [2.45, 2.75) is 56.4 Å². The lowest BCUT2D eigenvalue weighted by molar-refractivity contribution is -0.208. The molecule has 0 heterocycles. The number of ether oxygens (including phenoxy) is 4. The molecule has 0 aliphatic carbocycles. The van der Waals surface area contributed by atoms with E-state index in [-0.39, 0.29) is 28.7 Å². The molecule has 0 radical (unpaired) electrons. The molecule has 0 bridgehead atoms. The summed E-state index contributed by atoms with van der Waals surface area (Å²) in [7, 11) is 0. The summed E-state index contributed by atoms with van der Waals surface area (Å²) in [5.41, 5.74) is -1.47. The zero-order chi connectivity index (χ0) is 40.2. The van der Waals surface area contributed by atoms with Crippen molar-refractivity contribution >= 4 is 29.8 Å². The van der Waals surface area contributed by atoms with Gasteiger partial charge in [0.15, 0.2) is 0 Å². The minimum atomic E-state index is -5.98. The maximum Gasteiger partial charge on any atom is 0.491 e. The SMILES string of the molecule is CC(Cc1ccc(OC(=O)C(F)(F)F)cc1)N(CC(OC(=O)C(F)(F)F)c1cc(OC(=O)C(F)(F)F)cc(OC(=O)C(F)(F)F)c1)C(=O)C(F)(F)F. The van der Waals surface area contributed by atoms with Crippen molar-refractivity contribution < 1.29 is 109 Å². The van der Waals surface area contributed by atoms with Gasteiger partial charge in [0.05, 0.1) is 6.54 Å². The topological polar surface area (TPSA) is 126 Å². The van der Waals surface area contributed by atoms with Crippen LogP contribution in [-0.4, -0.2) is 78.2 Å². The zero-order valence-corrected chi connectivity index (χ0v) is 24.9. The first-order valence-electron chi connectivity index (χ1n) is 13.2. The molecule has 2 unspecified atom stereocenters. The van der Waals surface area contributed by atoms with Gasteiger partial charge in [0.1, 0.15) is 23.4 Å². The summed E-state index contributed by atoms with van der Waals surface area (Å²) in [6.45, 7) is -1.05. The number of carbonyl (C=O) groups is 5. The third kappa shape index (κ3) is 12.5. The van der Waals surface area contributed by atoms with Gasteiger partial charge >= 0.3 is 60.7 Å². The predicted molar refractivity (Wildman–Crippen MR) is 134 cm³/mol. The lowest BCUT2D eigenvalue weighted by atomic mass is 10.0. The molecule has 52 heavy (non-hydrogen) atoms. The van der Waals surface area contributed by atoms with Crippen molar-refractivity contribution in [1.29, 1.82) is 0 Å². The molecule has 0 aromatic heterocycles. The number of alkyl halides is 15. The van der Waals surface area contributed by atoms with Crippen LogP contribution >= 0.6 is 0 Å². The fraction of sp³-hybridized carbons (Fsp3) is 0.370. The molecular formula is C27H16F15NO9. The Kier molecular flexibility index (Phi) is 12.8. The lowest BCUT2D eigenvalue weighted by Gasteiger charge is -2.33. The molecule has 2 atom stereocenters. The molecule has 0 aliphatic heterocycles. The summed E-state index contributed by atoms with van der Waals surface area (Å²) in [4.78, 5) is 57.6. The second kappa shape index (κ2) is 15.5. The summed E-state index contributed by atoms with van der Waals surface area (Å²) in [6.07, 6.45) is -32.7. The van der Waals surface area contributed by atoms with E-state index < -0.39 is 109 Å². The van der Waals surface area contributed by atoms with Crippen LogP contribution in [0.25, 0.3) is 0 Å². The second-order valence-electron chi connectivity index (χ2n) is 9.94. The average molecular weight is 783 g/mol. The van der Waals surface area contributed by atoms with E-state index in [1.165, 1.54) is 0 Å². The monoisotopic (exact) mass is 783 g/mol. The standard InChI is InChI=1S/C27H16F15NO9/c1-11(6-12-2-4-14(5-3-12)49-19(45)24(31,32)33)43(18(44)23(28,29)30)10-17(52-22(48)27(40,41)42)13-7-15(50-20(46)25(34,35)36)9-16(8-13)51-21(47)26(37,38)39/h2-5,7-9,11,17H,6,10H2,1H3. The highest BCUT2D eigenvalue weighted by Gasteiger charge is 2.48. The van der Waals surface area contributed by atoms with Crippen LogP contribution < -0.4 is 14.2 Å². The average Bonchev–Trinajstić information content (AvgIpc) is 2.97. The van der Waals surface area contributed by atoms with Crippen molar-refractivity contribution in [3.63, 3.8) is 0 Å². The fourth-order valence-corrected chi connectivity index (χ4v) is 3.75. The Labute approximate surface area is 277 Å². The van der Waals surface area contributed by atoms with Crippen LogP contribution in [0.15, 0.2) is 42.5 Å². The maximum absolute atomic E-state index is 13.7. The van der Waals surface area contributed by atoms with Gasteiger partial charge in [-0.2, -0.15) is 65.9 Å². The van der Waals surface area contributed by atoms with Gasteiger partial charge < -0.3 is 23.8 Å². The maximum atomic E-state index is 13.7. The molecule has 0 fully saturated rings. The molecule has 288 valence electrons. The van der Waals surface area contributed by atoms with E-state index in [2.05, 4.69) is 18.9 Å². The van der Waals surface area contributed by atoms with Gasteiger partial charge in [0.2, 0.25) is 0 Å². The Balaban J connectivity index is 2.66. The van der Waals surface area contributed by atoms with Gasteiger partial charge in [0, 0.05) is 17.7 Å². The predicted octanol–water partition coefficient (Wildman–Crippen LogP) is 6.26. The van der Waals surface area contributed by atoms with E-state index in [1.807, 2.05) is 0 Å². The highest BCUT2D eigenvalue weighted by molar-refractivity contribution is 5.83. The van der Waals surface area contributed by atoms with Crippen LogP contribution in [0.4, 0.5) is 65.9 Å². The number of hydrogen-bond acceptors (Lipinski definition) is 9. The summed E-state index contributed by atoms with van der Waals surface area (Å²) < 4.78 is 211. The Morgan fingerprint density at radius 2 is 0.942 bits per heavy atom. The number of hydrogen-bond donors (Lipinski definition) is 0. The Bertz CT molecular complexity index is 1600. The molecule has 0 spiro atoms. The van der Waals surface area contributed by atoms with Crippen molar-refractivity contribution in [2.75, 3.05) is 6.54 Å². The third-order valence-corrected chi connectivity index (χ3v) is 5.93. The first-order chi connectivity index (χ1) is 23.4. The normalized spacial score (nSPS) is 13.8. The Morgan fingerprint density at radius 3 is 1.31 bits per heavy atom. The number of carbonyl (C=O) groups excluding carboxylic acids is 5. The quantitative estimate of drug-likeness (QED) is 0.156. The zero-order valence-electron chi connectivity index (χ0n) is 24.9. The van der Waals surface area contributed by atoms with Crippen LogP contribution in [0, 0.1) is 0 Å². The van der Waals surface area contributed by atoms with Crippen molar-refractivity contribution in [3.8, 4) is 17.2 Å². The molecule has 0 aliphatic rings. The largest absolute Gasteiger partial charge is 0.491 e. The molecular weight excluding hydrogens is 767 g/mol. The van der Waals surface area contributed by atoms with Gasteiger partial charge in [-0.15, -0.1) is 0 Å². The van der Waals surface area contributed by atoms with Crippen molar-refractivity contribution in [2.24, 2.45) is 0 Å². The number of rotatable bonds is 10. The van der Waals surface area contributed by atoms with Crippen molar-refractivity contribution in [3.05, 3.63) is 53.6 Å². The third-order valence-electron chi connectivity index (χ3n) is 5.93. The second-order valence-corrected chi connectivity index (χ2v) is 9.94. The van der Waals surface area contributed by atoms with E-state index in [0.29, 0.717) is 12.1 Å². The highest BCUT2D eigenvalue weighted by Crippen LogP contribution is 2.35. The fourth-order valence-electron chi connectivity index (χ4n) is 3.75. The molecule has 25 heteroatoms. The van der Waals surface area contributed by atoms with E-state index in [1.54, 1.807) is 0 Å². The van der Waals surface area contributed by atoms with Crippen LogP contribution in [0.2, 0.25) is 0 Å². The van der Waals surface area contributed by atoms with Gasteiger partial charge in [-0.3, -0.25) is 4.79 Å². The summed E-state index contributed by atoms with van der Waals surface area (Å²) >= 11 is 0. The smallest absolute Gasteiger partial charge is 0.449 e. The van der Waals surface area contributed by atoms with Crippen LogP contribution in [0.5, 0.6) is 17.2 Å². The van der Waals surface area contributed by atoms with Crippen molar-refractivity contribution in [1.82, 2.24) is 4.90 Å². The number of halogens is 15. The number of amides is 1. The van der Waals surface area contributed by atoms with Gasteiger partial charge in [-0.1, -0.05) is 12.1 Å². The van der Waals surface area contributed by atoms with E-state index >= 15 is 0 Å². The molecule has 0 N–H and O–H groups in total. The Hall–Kier alpha value is -5.26. The first-order valence-corrected chi connectivity index (χ1v) is 13.2. The van der Waals surface area contributed by atoms with E-state index in [9.17, 15) is 89.8 Å². The van der Waals surface area contributed by atoms with Gasteiger partial charge in [-0.05, 0) is 43.2 Å². The molecule has 2 aromatic rings. The number of esters is 4. The number of nitrogens with zero attached hydrogens (tertiary/aromatic N) is 1. The molecule has 0 saturated carbocycles. The first kappa shape index (κ1) is 42.9. The van der Waals surface area contributed by atoms with E-state index in [0.717, 1.165) is 19.1 Å². The molecule has 1 amide bonds. The molecule has 2 aromatic carbocycles. The van der Waals surface area contributed by atoms with Crippen LogP contribution in [0.1, 0.15) is 24.2 Å². The minimum absolute atomic E-state index is 0.0175. The summed E-state index contributed by atoms with van der Waals surface area (Å²) in [5.74, 6) is -18.9. The Morgan fingerprint density at radius 1 is 0.558 bits per heavy atom. The van der Waals surface area contributed by atoms with Crippen LogP contribution in [0.3, 0.4) is 0 Å². The minimum Gasteiger partial charge on any atom is -0.449 e. The summed E-state index contributed by atoms with van der Waals surface area (Å²) in [6, 6.07) is 1.41. The molecule has 10 nitrogen and oxygen atoms in total.